The lowest BCUT2D eigenvalue weighted by Crippen LogP contribution is -2.53. The predicted molar refractivity (Wildman–Crippen MR) is 150 cm³/mol. The van der Waals surface area contributed by atoms with Gasteiger partial charge in [-0.3, -0.25) is 13.9 Å². The quantitative estimate of drug-likeness (QED) is 0.369. The highest BCUT2D eigenvalue weighted by molar-refractivity contribution is 7.92. The van der Waals surface area contributed by atoms with Gasteiger partial charge in [-0.1, -0.05) is 74.0 Å². The highest BCUT2D eigenvalue weighted by Crippen LogP contribution is 2.29. The Morgan fingerprint density at radius 2 is 1.59 bits per heavy atom. The average Bonchev–Trinajstić information content (AvgIpc) is 2.87. The van der Waals surface area contributed by atoms with Gasteiger partial charge in [0.25, 0.3) is 0 Å². The molecular weight excluding hydrogens is 510 g/mol. The Kier molecular flexibility index (Phi) is 9.56. The van der Waals surface area contributed by atoms with E-state index in [1.54, 1.807) is 36.4 Å². The lowest BCUT2D eigenvalue weighted by atomic mass is 10.1. The molecule has 9 heteroatoms. The largest absolute Gasteiger partial charge is 0.352 e. The van der Waals surface area contributed by atoms with Gasteiger partial charge in [0.2, 0.25) is 21.8 Å². The Labute approximate surface area is 224 Å². The van der Waals surface area contributed by atoms with Crippen LogP contribution in [0.4, 0.5) is 5.69 Å². The minimum Gasteiger partial charge on any atom is -0.352 e. The van der Waals surface area contributed by atoms with Gasteiger partial charge in [0.15, 0.2) is 0 Å². The van der Waals surface area contributed by atoms with E-state index in [1.807, 2.05) is 51.1 Å². The van der Waals surface area contributed by atoms with Crippen LogP contribution >= 0.6 is 11.6 Å². The fourth-order valence-corrected chi connectivity index (χ4v) is 5.16. The van der Waals surface area contributed by atoms with Gasteiger partial charge in [0.1, 0.15) is 12.6 Å². The first-order chi connectivity index (χ1) is 17.5. The lowest BCUT2D eigenvalue weighted by Gasteiger charge is -2.33. The molecule has 0 saturated heterocycles. The summed E-state index contributed by atoms with van der Waals surface area (Å²) in [5.41, 5.74) is 1.20. The molecule has 0 fully saturated rings. The monoisotopic (exact) mass is 543 g/mol. The Morgan fingerprint density at radius 3 is 2.22 bits per heavy atom. The van der Waals surface area contributed by atoms with E-state index in [4.69, 9.17) is 11.6 Å². The number of carbonyl (C=O) groups excluding carboxylic acids is 2. The van der Waals surface area contributed by atoms with Crippen molar-refractivity contribution in [2.75, 3.05) is 17.1 Å². The molecule has 3 aromatic carbocycles. The van der Waals surface area contributed by atoms with E-state index in [2.05, 4.69) is 5.32 Å². The van der Waals surface area contributed by atoms with Gasteiger partial charge in [-0.25, -0.2) is 8.42 Å². The van der Waals surface area contributed by atoms with Gasteiger partial charge in [0.05, 0.1) is 11.9 Å². The van der Waals surface area contributed by atoms with E-state index < -0.39 is 28.5 Å². The van der Waals surface area contributed by atoms with Crippen molar-refractivity contribution < 1.29 is 18.0 Å². The second-order valence-corrected chi connectivity index (χ2v) is 11.5. The highest BCUT2D eigenvalue weighted by atomic mass is 35.5. The minimum atomic E-state index is -3.82. The molecule has 0 radical (unpaired) electrons. The van der Waals surface area contributed by atoms with E-state index in [0.717, 1.165) is 27.9 Å². The molecule has 2 amide bonds. The topological polar surface area (TPSA) is 86.8 Å². The van der Waals surface area contributed by atoms with Crippen LogP contribution in [-0.2, 0) is 26.2 Å². The lowest BCUT2D eigenvalue weighted by molar-refractivity contribution is -0.140. The van der Waals surface area contributed by atoms with Gasteiger partial charge in [-0.15, -0.1) is 0 Å². The number of sulfonamides is 1. The van der Waals surface area contributed by atoms with Crippen LogP contribution in [0.2, 0.25) is 5.02 Å². The van der Waals surface area contributed by atoms with E-state index in [1.165, 1.54) is 4.90 Å². The fraction of sp³-hybridized carbons (Fsp3) is 0.357. The Morgan fingerprint density at radius 1 is 0.946 bits per heavy atom. The number of benzene rings is 3. The minimum absolute atomic E-state index is 0.0581. The highest BCUT2D eigenvalue weighted by Gasteiger charge is 2.32. The van der Waals surface area contributed by atoms with Crippen molar-refractivity contribution in [3.63, 3.8) is 0 Å². The molecule has 7 nitrogen and oxygen atoms in total. The molecular formula is C28H34ClN3O4S. The van der Waals surface area contributed by atoms with Crippen molar-refractivity contribution in [1.82, 2.24) is 10.2 Å². The number of carbonyl (C=O) groups is 2. The number of nitrogens with one attached hydrogen (secondary N) is 1. The molecule has 1 N–H and O–H groups in total. The maximum Gasteiger partial charge on any atom is 0.244 e. The summed E-state index contributed by atoms with van der Waals surface area (Å²) in [5, 5.41) is 5.10. The van der Waals surface area contributed by atoms with Gasteiger partial charge in [0, 0.05) is 23.0 Å². The second-order valence-electron chi connectivity index (χ2n) is 9.16. The molecule has 3 rings (SSSR count). The van der Waals surface area contributed by atoms with Gasteiger partial charge in [-0.2, -0.15) is 0 Å². The van der Waals surface area contributed by atoms with Crippen molar-refractivity contribution in [3.8, 4) is 0 Å². The number of hydrogen-bond acceptors (Lipinski definition) is 4. The molecule has 0 aliphatic rings. The van der Waals surface area contributed by atoms with E-state index in [0.29, 0.717) is 22.5 Å². The standard InChI is InChI=1S/C28H34ClN3O4S/c1-5-20(3)30-28(34)25(6-2)31(18-21-14-16-23(29)17-15-21)27(33)19-32(37(4,35)36)26-13-9-11-22-10-7-8-12-24(22)26/h7-17,20,25H,5-6,18-19H2,1-4H3,(H,30,34). The number of rotatable bonds is 11. The zero-order chi connectivity index (χ0) is 27.2. The summed E-state index contributed by atoms with van der Waals surface area (Å²) >= 11 is 6.04. The molecule has 0 bridgehead atoms. The van der Waals surface area contributed by atoms with Gasteiger partial charge in [-0.05, 0) is 48.9 Å². The van der Waals surface area contributed by atoms with Crippen molar-refractivity contribution >= 4 is 49.9 Å². The first kappa shape index (κ1) is 28.5. The van der Waals surface area contributed by atoms with Crippen molar-refractivity contribution in [1.29, 1.82) is 0 Å². The zero-order valence-electron chi connectivity index (χ0n) is 21.6. The molecule has 3 aromatic rings. The van der Waals surface area contributed by atoms with Gasteiger partial charge < -0.3 is 10.2 Å². The van der Waals surface area contributed by atoms with E-state index in [-0.39, 0.29) is 18.5 Å². The van der Waals surface area contributed by atoms with Crippen LogP contribution in [0.25, 0.3) is 10.8 Å². The summed E-state index contributed by atoms with van der Waals surface area (Å²) < 4.78 is 27.0. The molecule has 0 aliphatic carbocycles. The predicted octanol–water partition coefficient (Wildman–Crippen LogP) is 4.98. The van der Waals surface area contributed by atoms with Gasteiger partial charge >= 0.3 is 0 Å². The third-order valence-corrected chi connectivity index (χ3v) is 7.75. The second kappa shape index (κ2) is 12.4. The smallest absolute Gasteiger partial charge is 0.244 e. The third-order valence-electron chi connectivity index (χ3n) is 6.37. The fourth-order valence-electron chi connectivity index (χ4n) is 4.17. The van der Waals surface area contributed by atoms with Crippen LogP contribution in [0.1, 0.15) is 39.2 Å². The summed E-state index contributed by atoms with van der Waals surface area (Å²) in [5.74, 6) is -0.741. The first-order valence-electron chi connectivity index (χ1n) is 12.3. The molecule has 0 aliphatic heterocycles. The normalized spacial score (nSPS) is 13.1. The zero-order valence-corrected chi connectivity index (χ0v) is 23.2. The average molecular weight is 544 g/mol. The first-order valence-corrected chi connectivity index (χ1v) is 14.6. The Bertz CT molecular complexity index is 1340. The third kappa shape index (κ3) is 7.23. The molecule has 0 spiro atoms. The summed E-state index contributed by atoms with van der Waals surface area (Å²) in [6.45, 7) is 5.41. The molecule has 2 unspecified atom stereocenters. The number of anilines is 1. The maximum atomic E-state index is 13.9. The van der Waals surface area contributed by atoms with Crippen LogP contribution in [-0.4, -0.2) is 50.0 Å². The van der Waals surface area contributed by atoms with Crippen molar-refractivity contribution in [2.24, 2.45) is 0 Å². The number of hydrogen-bond donors (Lipinski definition) is 1. The molecule has 2 atom stereocenters. The summed E-state index contributed by atoms with van der Waals surface area (Å²) in [6.07, 6.45) is 2.20. The number of nitrogens with zero attached hydrogens (tertiary/aromatic N) is 2. The molecule has 0 aromatic heterocycles. The summed E-state index contributed by atoms with van der Waals surface area (Å²) in [7, 11) is -3.82. The van der Waals surface area contributed by atoms with E-state index >= 15 is 0 Å². The SMILES string of the molecule is CCC(C)NC(=O)C(CC)N(Cc1ccc(Cl)cc1)C(=O)CN(c1cccc2ccccc12)S(C)(=O)=O. The number of fused-ring (bicyclic) bond motifs is 1. The Balaban J connectivity index is 2.01. The van der Waals surface area contributed by atoms with Crippen molar-refractivity contribution in [2.45, 2.75) is 52.2 Å². The number of halogens is 1. The summed E-state index contributed by atoms with van der Waals surface area (Å²) in [6, 6.07) is 19.0. The van der Waals surface area contributed by atoms with Crippen LogP contribution in [0, 0.1) is 0 Å². The van der Waals surface area contributed by atoms with E-state index in [9.17, 15) is 18.0 Å². The Hall–Kier alpha value is -3.10. The van der Waals surface area contributed by atoms with Crippen LogP contribution in [0.3, 0.4) is 0 Å². The van der Waals surface area contributed by atoms with Crippen LogP contribution in [0.15, 0.2) is 66.7 Å². The summed E-state index contributed by atoms with van der Waals surface area (Å²) in [4.78, 5) is 28.5. The maximum absolute atomic E-state index is 13.9. The molecule has 37 heavy (non-hydrogen) atoms. The number of amides is 2. The van der Waals surface area contributed by atoms with Crippen LogP contribution < -0.4 is 9.62 Å². The molecule has 0 saturated carbocycles. The molecule has 0 heterocycles. The van der Waals surface area contributed by atoms with Crippen LogP contribution in [0.5, 0.6) is 0 Å². The van der Waals surface area contributed by atoms with Crippen molar-refractivity contribution in [3.05, 3.63) is 77.3 Å². The molecule has 198 valence electrons.